The van der Waals surface area contributed by atoms with E-state index in [0.29, 0.717) is 25.5 Å². The molecule has 1 aliphatic carbocycles. The number of aliphatic hydroxyl groups is 1. The number of likely N-dealkylation sites (tertiary alicyclic amines) is 1. The van der Waals surface area contributed by atoms with Crippen LogP contribution in [0.15, 0.2) is 18.2 Å². The lowest BCUT2D eigenvalue weighted by atomic mass is 9.96. The average molecular weight is 413 g/mol. The van der Waals surface area contributed by atoms with Crippen molar-refractivity contribution in [3.63, 3.8) is 0 Å². The molecule has 1 aromatic carbocycles. The summed E-state index contributed by atoms with van der Waals surface area (Å²) in [5.74, 6) is 0.686. The molecule has 0 aromatic heterocycles. The van der Waals surface area contributed by atoms with Gasteiger partial charge in [0.05, 0.1) is 19.3 Å². The molecular formula is C21H29F2NO5. The van der Waals surface area contributed by atoms with Gasteiger partial charge in [0.2, 0.25) is 0 Å². The van der Waals surface area contributed by atoms with Crippen LogP contribution >= 0.6 is 0 Å². The van der Waals surface area contributed by atoms with E-state index in [-0.39, 0.29) is 30.1 Å². The van der Waals surface area contributed by atoms with Crippen molar-refractivity contribution in [3.05, 3.63) is 23.8 Å². The third kappa shape index (κ3) is 5.95. The Morgan fingerprint density at radius 3 is 2.59 bits per heavy atom. The number of alkyl halides is 2. The van der Waals surface area contributed by atoms with E-state index in [4.69, 9.17) is 9.47 Å². The van der Waals surface area contributed by atoms with Crippen LogP contribution in [0.3, 0.4) is 0 Å². The minimum atomic E-state index is -2.93. The van der Waals surface area contributed by atoms with Gasteiger partial charge in [0.15, 0.2) is 11.5 Å². The molecule has 1 amide bonds. The van der Waals surface area contributed by atoms with Gasteiger partial charge < -0.3 is 24.2 Å². The Morgan fingerprint density at radius 1 is 1.28 bits per heavy atom. The molecule has 1 aliphatic heterocycles. The number of nitrogens with zero attached hydrogens (tertiary/aromatic N) is 1. The van der Waals surface area contributed by atoms with E-state index < -0.39 is 18.3 Å². The monoisotopic (exact) mass is 413 g/mol. The first-order valence-electron chi connectivity index (χ1n) is 9.98. The molecule has 6 nitrogen and oxygen atoms in total. The number of hydrogen-bond acceptors (Lipinski definition) is 5. The standard InChI is InChI=1S/C21H29F2NO5/c1-21(2,3)29-20(26)24-10-15(8-16(24)11-25)14-6-7-17(28-19(22)23)18(9-14)27-12-13-4-5-13/h6-7,9,13,15-16,19,25H,4-5,8,10-12H2,1-3H3/t15-,16+/m0/s1. The fourth-order valence-electron chi connectivity index (χ4n) is 3.45. The largest absolute Gasteiger partial charge is 0.489 e. The van der Waals surface area contributed by atoms with Crippen LogP contribution in [-0.4, -0.2) is 54.1 Å². The van der Waals surface area contributed by atoms with Gasteiger partial charge in [0, 0.05) is 12.5 Å². The van der Waals surface area contributed by atoms with Crippen molar-refractivity contribution in [3.8, 4) is 11.5 Å². The molecular weight excluding hydrogens is 384 g/mol. The molecule has 2 fully saturated rings. The molecule has 1 aromatic rings. The van der Waals surface area contributed by atoms with E-state index in [1.807, 2.05) is 0 Å². The zero-order valence-corrected chi connectivity index (χ0v) is 17.1. The van der Waals surface area contributed by atoms with Gasteiger partial charge in [-0.2, -0.15) is 8.78 Å². The van der Waals surface area contributed by atoms with E-state index in [0.717, 1.165) is 18.4 Å². The van der Waals surface area contributed by atoms with Gasteiger partial charge >= 0.3 is 12.7 Å². The molecule has 0 spiro atoms. The second-order valence-electron chi connectivity index (χ2n) is 8.74. The van der Waals surface area contributed by atoms with Crippen LogP contribution in [0.2, 0.25) is 0 Å². The van der Waals surface area contributed by atoms with Gasteiger partial charge in [-0.1, -0.05) is 6.07 Å². The Kier molecular flexibility index (Phi) is 6.51. The number of amides is 1. The molecule has 3 rings (SSSR count). The Balaban J connectivity index is 1.76. The molecule has 162 valence electrons. The van der Waals surface area contributed by atoms with Crippen molar-refractivity contribution in [1.82, 2.24) is 4.90 Å². The molecule has 1 saturated carbocycles. The molecule has 0 unspecified atom stereocenters. The highest BCUT2D eigenvalue weighted by atomic mass is 19.3. The highest BCUT2D eigenvalue weighted by Crippen LogP contribution is 2.39. The molecule has 2 aliphatic rings. The van der Waals surface area contributed by atoms with Gasteiger partial charge in [0.1, 0.15) is 5.60 Å². The lowest BCUT2D eigenvalue weighted by molar-refractivity contribution is -0.0515. The first-order chi connectivity index (χ1) is 13.7. The number of benzene rings is 1. The van der Waals surface area contributed by atoms with Gasteiger partial charge in [-0.25, -0.2) is 4.79 Å². The predicted molar refractivity (Wildman–Crippen MR) is 102 cm³/mol. The topological polar surface area (TPSA) is 68.2 Å². The molecule has 2 atom stereocenters. The summed E-state index contributed by atoms with van der Waals surface area (Å²) in [5.41, 5.74) is 0.217. The summed E-state index contributed by atoms with van der Waals surface area (Å²) in [6.45, 7) is 3.10. The van der Waals surface area contributed by atoms with Crippen molar-refractivity contribution < 1.29 is 32.9 Å². The quantitative estimate of drug-likeness (QED) is 0.727. The molecule has 0 bridgehead atoms. The summed E-state index contributed by atoms with van der Waals surface area (Å²) in [6.07, 6.45) is 2.24. The van der Waals surface area contributed by atoms with Crippen molar-refractivity contribution in [1.29, 1.82) is 0 Å². The van der Waals surface area contributed by atoms with Crippen LogP contribution < -0.4 is 9.47 Å². The third-order valence-electron chi connectivity index (χ3n) is 5.08. The minimum Gasteiger partial charge on any atom is -0.489 e. The van der Waals surface area contributed by atoms with E-state index in [1.165, 1.54) is 11.0 Å². The number of carbonyl (C=O) groups is 1. The summed E-state index contributed by atoms with van der Waals surface area (Å²) in [5, 5.41) is 9.72. The van der Waals surface area contributed by atoms with Crippen LogP contribution in [0.4, 0.5) is 13.6 Å². The number of aliphatic hydroxyl groups excluding tert-OH is 1. The summed E-state index contributed by atoms with van der Waals surface area (Å²) in [4.78, 5) is 14.0. The number of ether oxygens (including phenoxy) is 3. The Labute approximate surface area is 169 Å². The summed E-state index contributed by atoms with van der Waals surface area (Å²) in [6, 6.07) is 4.54. The SMILES string of the molecule is CC(C)(C)OC(=O)N1C[C@@H](c2ccc(OC(F)F)c(OCC3CC3)c2)C[C@@H]1CO. The number of hydrogen-bond donors (Lipinski definition) is 1. The molecule has 1 heterocycles. The normalized spacial score (nSPS) is 22.1. The van der Waals surface area contributed by atoms with Crippen molar-refractivity contribution in [2.75, 3.05) is 19.8 Å². The van der Waals surface area contributed by atoms with Crippen LogP contribution in [0.5, 0.6) is 11.5 Å². The molecule has 0 radical (unpaired) electrons. The molecule has 1 saturated heterocycles. The third-order valence-corrected chi connectivity index (χ3v) is 5.08. The van der Waals surface area contributed by atoms with Gasteiger partial charge in [0.25, 0.3) is 0 Å². The van der Waals surface area contributed by atoms with E-state index in [2.05, 4.69) is 4.74 Å². The van der Waals surface area contributed by atoms with Gasteiger partial charge in [-0.15, -0.1) is 0 Å². The van der Waals surface area contributed by atoms with E-state index in [1.54, 1.807) is 32.9 Å². The van der Waals surface area contributed by atoms with Crippen molar-refractivity contribution >= 4 is 6.09 Å². The Hall–Kier alpha value is -2.09. The maximum Gasteiger partial charge on any atom is 0.410 e. The number of halogens is 2. The lowest BCUT2D eigenvalue weighted by Gasteiger charge is -2.27. The first-order valence-corrected chi connectivity index (χ1v) is 9.98. The maximum absolute atomic E-state index is 12.7. The second kappa shape index (κ2) is 8.73. The fourth-order valence-corrected chi connectivity index (χ4v) is 3.45. The number of rotatable bonds is 7. The highest BCUT2D eigenvalue weighted by molar-refractivity contribution is 5.69. The van der Waals surface area contributed by atoms with Crippen LogP contribution in [0.1, 0.15) is 51.5 Å². The van der Waals surface area contributed by atoms with Gasteiger partial charge in [-0.3, -0.25) is 0 Å². The molecule has 8 heteroatoms. The zero-order valence-electron chi connectivity index (χ0n) is 17.1. The Morgan fingerprint density at radius 2 is 2.00 bits per heavy atom. The molecule has 29 heavy (non-hydrogen) atoms. The van der Waals surface area contributed by atoms with Crippen molar-refractivity contribution in [2.24, 2.45) is 5.92 Å². The van der Waals surface area contributed by atoms with Crippen molar-refractivity contribution in [2.45, 2.75) is 64.2 Å². The summed E-state index contributed by atoms with van der Waals surface area (Å²) >= 11 is 0. The van der Waals surface area contributed by atoms with E-state index >= 15 is 0 Å². The molecule has 1 N–H and O–H groups in total. The maximum atomic E-state index is 12.7. The first kappa shape index (κ1) is 21.6. The van der Waals surface area contributed by atoms with Crippen LogP contribution in [0, 0.1) is 5.92 Å². The Bertz CT molecular complexity index is 718. The predicted octanol–water partition coefficient (Wildman–Crippen LogP) is 4.16. The smallest absolute Gasteiger partial charge is 0.410 e. The minimum absolute atomic E-state index is 0.00473. The summed E-state index contributed by atoms with van der Waals surface area (Å²) in [7, 11) is 0. The van der Waals surface area contributed by atoms with Crippen LogP contribution in [-0.2, 0) is 4.74 Å². The van der Waals surface area contributed by atoms with Crippen LogP contribution in [0.25, 0.3) is 0 Å². The zero-order chi connectivity index (χ0) is 21.2. The second-order valence-corrected chi connectivity index (χ2v) is 8.74. The average Bonchev–Trinajstić information content (AvgIpc) is 3.35. The highest BCUT2D eigenvalue weighted by Gasteiger charge is 2.38. The van der Waals surface area contributed by atoms with E-state index in [9.17, 15) is 18.7 Å². The fraction of sp³-hybridized carbons (Fsp3) is 0.667. The lowest BCUT2D eigenvalue weighted by Crippen LogP contribution is -2.41. The number of carbonyl (C=O) groups excluding carboxylic acids is 1. The summed E-state index contributed by atoms with van der Waals surface area (Å²) < 4.78 is 41.2. The van der Waals surface area contributed by atoms with Gasteiger partial charge in [-0.05, 0) is 63.6 Å².